The van der Waals surface area contributed by atoms with Crippen LogP contribution >= 0.6 is 0 Å². The molecule has 4 heteroatoms. The highest BCUT2D eigenvalue weighted by Gasteiger charge is 2.10. The van der Waals surface area contributed by atoms with Gasteiger partial charge in [0.25, 0.3) is 0 Å². The molecule has 2 rings (SSSR count). The minimum atomic E-state index is 0.00675. The van der Waals surface area contributed by atoms with Crippen LogP contribution in [0.4, 0.5) is 0 Å². The SMILES string of the molecule is CCCCCCCCCCCC/C=C/CCC(=O)n1nnc2ccccc21. The molecule has 0 amide bonds. The summed E-state index contributed by atoms with van der Waals surface area (Å²) in [7, 11) is 0. The van der Waals surface area contributed by atoms with Crippen molar-refractivity contribution in [3.63, 3.8) is 0 Å². The van der Waals surface area contributed by atoms with Crippen molar-refractivity contribution in [2.75, 3.05) is 0 Å². The molecule has 0 unspecified atom stereocenters. The molecule has 148 valence electrons. The zero-order valence-corrected chi connectivity index (χ0v) is 16.9. The van der Waals surface area contributed by atoms with E-state index in [4.69, 9.17) is 0 Å². The molecule has 1 aromatic carbocycles. The number of hydrogen-bond acceptors (Lipinski definition) is 3. The molecule has 0 saturated heterocycles. The fourth-order valence-electron chi connectivity index (χ4n) is 3.35. The Morgan fingerprint density at radius 3 is 2.26 bits per heavy atom. The first kappa shape index (κ1) is 21.3. The number of carbonyl (C=O) groups excluding carboxylic acids is 1. The Morgan fingerprint density at radius 1 is 0.889 bits per heavy atom. The summed E-state index contributed by atoms with van der Waals surface area (Å²) in [6.07, 6.45) is 20.4. The zero-order chi connectivity index (χ0) is 19.2. The number of carbonyl (C=O) groups is 1. The monoisotopic (exact) mass is 369 g/mol. The fourth-order valence-corrected chi connectivity index (χ4v) is 3.35. The van der Waals surface area contributed by atoms with Gasteiger partial charge < -0.3 is 0 Å². The number of para-hydroxylation sites is 1. The number of benzene rings is 1. The van der Waals surface area contributed by atoms with Gasteiger partial charge in [0.2, 0.25) is 5.91 Å². The second kappa shape index (κ2) is 13.2. The summed E-state index contributed by atoms with van der Waals surface area (Å²) in [5.74, 6) is 0.00675. The molecule has 2 aromatic rings. The lowest BCUT2D eigenvalue weighted by atomic mass is 10.1. The van der Waals surface area contributed by atoms with Crippen molar-refractivity contribution in [1.29, 1.82) is 0 Å². The highest BCUT2D eigenvalue weighted by molar-refractivity contribution is 5.88. The number of fused-ring (bicyclic) bond motifs is 1. The van der Waals surface area contributed by atoms with Gasteiger partial charge in [0.15, 0.2) is 0 Å². The van der Waals surface area contributed by atoms with Crippen LogP contribution in [0, 0.1) is 0 Å². The van der Waals surface area contributed by atoms with Gasteiger partial charge in [0.05, 0.1) is 5.52 Å². The maximum atomic E-state index is 12.3. The second-order valence-corrected chi connectivity index (χ2v) is 7.36. The molecular formula is C23H35N3O. The molecule has 0 saturated carbocycles. The van der Waals surface area contributed by atoms with E-state index in [0.717, 1.165) is 23.9 Å². The van der Waals surface area contributed by atoms with Crippen LogP contribution < -0.4 is 0 Å². The van der Waals surface area contributed by atoms with Gasteiger partial charge in [-0.05, 0) is 31.4 Å². The standard InChI is InChI=1S/C23H35N3O/c1-2-3-4-5-6-7-8-9-10-11-12-13-14-15-20-23(27)26-22-19-17-16-18-21(22)24-25-26/h13-14,16-19H,2-12,15,20H2,1H3/b14-13+. The highest BCUT2D eigenvalue weighted by Crippen LogP contribution is 2.12. The lowest BCUT2D eigenvalue weighted by Gasteiger charge is -2.01. The molecule has 0 fully saturated rings. The van der Waals surface area contributed by atoms with Crippen LogP contribution in [0.2, 0.25) is 0 Å². The van der Waals surface area contributed by atoms with Crippen LogP contribution in [0.5, 0.6) is 0 Å². The number of allylic oxidation sites excluding steroid dienone is 2. The van der Waals surface area contributed by atoms with Gasteiger partial charge in [0, 0.05) is 6.42 Å². The van der Waals surface area contributed by atoms with Gasteiger partial charge in [-0.3, -0.25) is 4.79 Å². The number of unbranched alkanes of at least 4 members (excludes halogenated alkanes) is 10. The Bertz CT molecular complexity index is 690. The molecule has 4 nitrogen and oxygen atoms in total. The Hall–Kier alpha value is -1.97. The van der Waals surface area contributed by atoms with Crippen LogP contribution in [0.15, 0.2) is 36.4 Å². The zero-order valence-electron chi connectivity index (χ0n) is 16.9. The van der Waals surface area contributed by atoms with E-state index in [9.17, 15) is 4.79 Å². The van der Waals surface area contributed by atoms with Crippen LogP contribution in [0.25, 0.3) is 11.0 Å². The summed E-state index contributed by atoms with van der Waals surface area (Å²) in [6, 6.07) is 7.57. The van der Waals surface area contributed by atoms with Crippen molar-refractivity contribution in [1.82, 2.24) is 15.0 Å². The average Bonchev–Trinajstić information content (AvgIpc) is 3.12. The topological polar surface area (TPSA) is 47.8 Å². The van der Waals surface area contributed by atoms with E-state index in [2.05, 4.69) is 29.4 Å². The normalized spacial score (nSPS) is 11.6. The van der Waals surface area contributed by atoms with E-state index in [-0.39, 0.29) is 5.91 Å². The lowest BCUT2D eigenvalue weighted by molar-refractivity contribution is 0.0891. The van der Waals surface area contributed by atoms with Gasteiger partial charge in [-0.25, -0.2) is 0 Å². The molecule has 0 N–H and O–H groups in total. The van der Waals surface area contributed by atoms with E-state index < -0.39 is 0 Å². The van der Waals surface area contributed by atoms with Gasteiger partial charge >= 0.3 is 0 Å². The van der Waals surface area contributed by atoms with Gasteiger partial charge in [-0.15, -0.1) is 5.10 Å². The van der Waals surface area contributed by atoms with Crippen molar-refractivity contribution in [2.24, 2.45) is 0 Å². The third kappa shape index (κ3) is 8.06. The molecule has 0 bridgehead atoms. The predicted octanol–water partition coefficient (Wildman–Crippen LogP) is 6.72. The quantitative estimate of drug-likeness (QED) is 0.274. The molecular weight excluding hydrogens is 334 g/mol. The molecule has 0 aliphatic rings. The first-order valence-corrected chi connectivity index (χ1v) is 10.8. The molecule has 27 heavy (non-hydrogen) atoms. The maximum Gasteiger partial charge on any atom is 0.249 e. The summed E-state index contributed by atoms with van der Waals surface area (Å²) in [5, 5.41) is 8.00. The van der Waals surface area contributed by atoms with Crippen molar-refractivity contribution < 1.29 is 4.79 Å². The largest absolute Gasteiger partial charge is 0.272 e. The van der Waals surface area contributed by atoms with E-state index >= 15 is 0 Å². The minimum absolute atomic E-state index is 0.00675. The van der Waals surface area contributed by atoms with Gasteiger partial charge in [-0.2, -0.15) is 4.68 Å². The fraction of sp³-hybridized carbons (Fsp3) is 0.609. The third-order valence-corrected chi connectivity index (χ3v) is 5.00. The van der Waals surface area contributed by atoms with Crippen molar-refractivity contribution in [3.8, 4) is 0 Å². The van der Waals surface area contributed by atoms with E-state index in [1.165, 1.54) is 68.9 Å². The summed E-state index contributed by atoms with van der Waals surface area (Å²) in [4.78, 5) is 12.3. The van der Waals surface area contributed by atoms with Gasteiger partial charge in [0.1, 0.15) is 5.52 Å². The van der Waals surface area contributed by atoms with Crippen LogP contribution in [0.1, 0.15) is 95.2 Å². The molecule has 1 heterocycles. The number of hydrogen-bond donors (Lipinski definition) is 0. The molecule has 0 radical (unpaired) electrons. The summed E-state index contributed by atoms with van der Waals surface area (Å²) < 4.78 is 1.42. The molecule has 0 atom stereocenters. The van der Waals surface area contributed by atoms with E-state index in [0.29, 0.717) is 6.42 Å². The Morgan fingerprint density at radius 2 is 1.52 bits per heavy atom. The maximum absolute atomic E-state index is 12.3. The third-order valence-electron chi connectivity index (χ3n) is 5.00. The van der Waals surface area contributed by atoms with E-state index in [1.54, 1.807) is 0 Å². The average molecular weight is 370 g/mol. The first-order chi connectivity index (χ1) is 13.3. The number of aromatic nitrogens is 3. The highest BCUT2D eigenvalue weighted by atomic mass is 16.2. The second-order valence-electron chi connectivity index (χ2n) is 7.36. The molecule has 1 aromatic heterocycles. The van der Waals surface area contributed by atoms with E-state index in [1.807, 2.05) is 24.3 Å². The van der Waals surface area contributed by atoms with Gasteiger partial charge in [-0.1, -0.05) is 94.2 Å². The minimum Gasteiger partial charge on any atom is -0.272 e. The predicted molar refractivity (Wildman–Crippen MR) is 113 cm³/mol. The van der Waals surface area contributed by atoms with Crippen molar-refractivity contribution in [3.05, 3.63) is 36.4 Å². The number of nitrogens with zero attached hydrogens (tertiary/aromatic N) is 3. The first-order valence-electron chi connectivity index (χ1n) is 10.8. The van der Waals surface area contributed by atoms with Crippen LogP contribution in [-0.2, 0) is 0 Å². The van der Waals surface area contributed by atoms with Crippen LogP contribution in [-0.4, -0.2) is 20.9 Å². The van der Waals surface area contributed by atoms with Crippen molar-refractivity contribution >= 4 is 16.9 Å². The summed E-state index contributed by atoms with van der Waals surface area (Å²) in [6.45, 7) is 2.27. The van der Waals surface area contributed by atoms with Crippen molar-refractivity contribution in [2.45, 2.75) is 90.4 Å². The lowest BCUT2D eigenvalue weighted by Crippen LogP contribution is -2.11. The summed E-state index contributed by atoms with van der Waals surface area (Å²) >= 11 is 0. The van der Waals surface area contributed by atoms with Crippen LogP contribution in [0.3, 0.4) is 0 Å². The summed E-state index contributed by atoms with van der Waals surface area (Å²) in [5.41, 5.74) is 1.55. The Kier molecular flexibility index (Phi) is 10.5. The molecule has 0 aliphatic carbocycles. The number of rotatable bonds is 14. The molecule has 0 aliphatic heterocycles. The smallest absolute Gasteiger partial charge is 0.249 e. The Labute approximate surface area is 164 Å². The Balaban J connectivity index is 1.48. The molecule has 0 spiro atoms.